The van der Waals surface area contributed by atoms with Gasteiger partial charge >= 0.3 is 0 Å². The van der Waals surface area contributed by atoms with Gasteiger partial charge in [-0.25, -0.2) is 0 Å². The number of carbonyl (C=O) groups is 3. The second-order valence-corrected chi connectivity index (χ2v) is 13.0. The summed E-state index contributed by atoms with van der Waals surface area (Å²) in [5, 5.41) is 9.58. The fourth-order valence-electron chi connectivity index (χ4n) is 8.11. The lowest BCUT2D eigenvalue weighted by Gasteiger charge is -2.37. The Labute approximate surface area is 278 Å². The Hall–Kier alpha value is -3.95. The minimum atomic E-state index is -1.17. The van der Waals surface area contributed by atoms with E-state index in [9.17, 15) is 19.5 Å². The number of carbonyl (C=O) groups excluding carboxylic acids is 3. The van der Waals surface area contributed by atoms with E-state index in [1.54, 1.807) is 26.9 Å². The minimum Gasteiger partial charge on any atom is -0.494 e. The molecular weight excluding hydrogens is 594 g/mol. The molecule has 252 valence electrons. The molecule has 9 heteroatoms. The first kappa shape index (κ1) is 34.4. The van der Waals surface area contributed by atoms with Crippen molar-refractivity contribution in [1.29, 1.82) is 0 Å². The molecule has 1 N–H and O–H groups in total. The summed E-state index contributed by atoms with van der Waals surface area (Å²) in [6.45, 7) is 17.0. The number of rotatable bonds is 15. The quantitative estimate of drug-likeness (QED) is 0.207. The number of amides is 3. The number of hydrogen-bond donors (Lipinski definition) is 1. The average molecular weight is 644 g/mol. The Balaban J connectivity index is 1.60. The highest BCUT2D eigenvalue weighted by molar-refractivity contribution is 6.07. The Morgan fingerprint density at radius 2 is 1.72 bits per heavy atom. The smallest absolute Gasteiger partial charge is 0.253 e. The molecule has 5 rings (SSSR count). The molecule has 3 amide bonds. The van der Waals surface area contributed by atoms with Gasteiger partial charge in [0.15, 0.2) is 0 Å². The number of ether oxygens (including phenoxy) is 2. The van der Waals surface area contributed by atoms with Crippen molar-refractivity contribution < 1.29 is 29.0 Å². The molecule has 2 unspecified atom stereocenters. The third kappa shape index (κ3) is 5.89. The zero-order chi connectivity index (χ0) is 33.9. The van der Waals surface area contributed by atoms with Gasteiger partial charge in [0.05, 0.1) is 24.0 Å². The van der Waals surface area contributed by atoms with E-state index in [1.807, 2.05) is 70.2 Å². The predicted octanol–water partition coefficient (Wildman–Crippen LogP) is 5.37. The summed E-state index contributed by atoms with van der Waals surface area (Å²) in [4.78, 5) is 49.5. The number of hydrogen-bond acceptors (Lipinski definition) is 6. The van der Waals surface area contributed by atoms with Gasteiger partial charge in [-0.2, -0.15) is 0 Å². The van der Waals surface area contributed by atoms with E-state index in [-0.39, 0.29) is 44.0 Å². The van der Waals surface area contributed by atoms with Crippen molar-refractivity contribution in [3.05, 3.63) is 78.9 Å². The first-order valence-corrected chi connectivity index (χ1v) is 16.9. The van der Waals surface area contributed by atoms with Crippen molar-refractivity contribution in [2.75, 3.05) is 42.6 Å². The van der Waals surface area contributed by atoms with Gasteiger partial charge in [-0.15, -0.1) is 13.2 Å². The zero-order valence-electron chi connectivity index (χ0n) is 28.2. The third-order valence-corrected chi connectivity index (χ3v) is 10.3. The van der Waals surface area contributed by atoms with E-state index in [1.165, 1.54) is 0 Å². The number of unbranched alkanes of at least 4 members (excludes halogenated alkanes) is 1. The molecule has 2 bridgehead atoms. The molecule has 3 aliphatic rings. The van der Waals surface area contributed by atoms with Crippen LogP contribution in [0.25, 0.3) is 0 Å². The van der Waals surface area contributed by atoms with Crippen LogP contribution in [0.15, 0.2) is 67.8 Å². The SMILES string of the molecule is C=CCN(C(=O)[C@@H]1[C@H]2C(=O)N(CCCCO)C(C(=O)N(CC=C)c3cc(C)ccc3C)C23CC[C@@]1(CC)O3)c1ccc(OCC)cc1. The molecule has 1 spiro atoms. The molecule has 5 atom stereocenters. The molecule has 0 radical (unpaired) electrons. The van der Waals surface area contributed by atoms with E-state index in [4.69, 9.17) is 9.47 Å². The zero-order valence-corrected chi connectivity index (χ0v) is 28.2. The summed E-state index contributed by atoms with van der Waals surface area (Å²) in [6, 6.07) is 12.4. The van der Waals surface area contributed by atoms with Crippen LogP contribution in [0.5, 0.6) is 5.75 Å². The summed E-state index contributed by atoms with van der Waals surface area (Å²) in [5.74, 6) is -1.60. The summed E-state index contributed by atoms with van der Waals surface area (Å²) in [5.41, 5.74) is 1.32. The molecule has 2 aromatic rings. The fourth-order valence-corrected chi connectivity index (χ4v) is 8.11. The highest BCUT2D eigenvalue weighted by atomic mass is 16.5. The molecule has 0 saturated carbocycles. The maximum atomic E-state index is 15.0. The molecule has 2 aromatic carbocycles. The molecule has 47 heavy (non-hydrogen) atoms. The molecular formula is C38H49N3O6. The standard InChI is InChI=1S/C38H49N3O6/c1-7-21-39(28-15-17-29(18-16-28)46-10-4)34(43)31-32-35(44)41(23-11-12-24-42)33(38(32)20-19-37(31,9-3)47-38)36(45)40(22-8-2)30-25-26(5)13-14-27(30)6/h7-8,13-18,25,31-33,42H,1-2,9-12,19-24H2,3-6H3/t31-,32-,33?,37+,38?/m0/s1. The summed E-state index contributed by atoms with van der Waals surface area (Å²) in [7, 11) is 0. The number of fused-ring (bicyclic) bond motifs is 1. The van der Waals surface area contributed by atoms with Crippen LogP contribution in [0, 0.1) is 25.7 Å². The van der Waals surface area contributed by atoms with E-state index in [2.05, 4.69) is 13.2 Å². The molecule has 9 nitrogen and oxygen atoms in total. The summed E-state index contributed by atoms with van der Waals surface area (Å²) < 4.78 is 12.7. The largest absolute Gasteiger partial charge is 0.494 e. The van der Waals surface area contributed by atoms with Crippen molar-refractivity contribution in [1.82, 2.24) is 4.90 Å². The second-order valence-electron chi connectivity index (χ2n) is 13.0. The summed E-state index contributed by atoms with van der Waals surface area (Å²) >= 11 is 0. The van der Waals surface area contributed by atoms with E-state index >= 15 is 0 Å². The van der Waals surface area contributed by atoms with Gasteiger partial charge in [0.25, 0.3) is 5.91 Å². The van der Waals surface area contributed by atoms with Crippen LogP contribution in [0.3, 0.4) is 0 Å². The molecule has 3 aliphatic heterocycles. The number of benzene rings is 2. The predicted molar refractivity (Wildman–Crippen MR) is 183 cm³/mol. The van der Waals surface area contributed by atoms with Crippen LogP contribution in [0.4, 0.5) is 11.4 Å². The molecule has 0 aromatic heterocycles. The molecule has 3 saturated heterocycles. The lowest BCUT2D eigenvalue weighted by Crippen LogP contribution is -2.56. The Morgan fingerprint density at radius 3 is 2.36 bits per heavy atom. The average Bonchev–Trinajstić information content (AvgIpc) is 3.67. The summed E-state index contributed by atoms with van der Waals surface area (Å²) in [6.07, 6.45) is 5.96. The van der Waals surface area contributed by atoms with Crippen LogP contribution >= 0.6 is 0 Å². The molecule has 0 aliphatic carbocycles. The van der Waals surface area contributed by atoms with E-state index < -0.39 is 29.1 Å². The maximum Gasteiger partial charge on any atom is 0.253 e. The van der Waals surface area contributed by atoms with Crippen LogP contribution in [0.2, 0.25) is 0 Å². The maximum absolute atomic E-state index is 15.0. The van der Waals surface area contributed by atoms with Crippen LogP contribution < -0.4 is 14.5 Å². The van der Waals surface area contributed by atoms with Gasteiger partial charge < -0.3 is 29.3 Å². The highest BCUT2D eigenvalue weighted by Crippen LogP contribution is 2.65. The second kappa shape index (κ2) is 14.0. The Morgan fingerprint density at radius 1 is 1.02 bits per heavy atom. The number of anilines is 2. The van der Waals surface area contributed by atoms with Crippen molar-refractivity contribution in [2.45, 2.75) is 77.0 Å². The van der Waals surface area contributed by atoms with Crippen molar-refractivity contribution in [2.24, 2.45) is 11.8 Å². The van der Waals surface area contributed by atoms with Crippen molar-refractivity contribution >= 4 is 29.1 Å². The normalized spacial score (nSPS) is 25.9. The van der Waals surface area contributed by atoms with Crippen molar-refractivity contribution in [3.63, 3.8) is 0 Å². The van der Waals surface area contributed by atoms with Crippen LogP contribution in [-0.4, -0.2) is 77.8 Å². The monoisotopic (exact) mass is 643 g/mol. The lowest BCUT2D eigenvalue weighted by atomic mass is 9.64. The molecule has 3 heterocycles. The topological polar surface area (TPSA) is 99.6 Å². The van der Waals surface area contributed by atoms with Gasteiger partial charge in [0.2, 0.25) is 11.8 Å². The minimum absolute atomic E-state index is 0.0184. The first-order chi connectivity index (χ1) is 22.6. The Kier molecular flexibility index (Phi) is 10.3. The number of aliphatic hydroxyl groups is 1. The van der Waals surface area contributed by atoms with Crippen molar-refractivity contribution in [3.8, 4) is 5.75 Å². The van der Waals surface area contributed by atoms with E-state index in [0.717, 1.165) is 16.8 Å². The highest BCUT2D eigenvalue weighted by Gasteiger charge is 2.79. The fraction of sp³-hybridized carbons (Fsp3) is 0.500. The number of aliphatic hydroxyl groups excluding tert-OH is 1. The van der Waals surface area contributed by atoms with Gasteiger partial charge in [-0.3, -0.25) is 14.4 Å². The number of aryl methyl sites for hydroxylation is 2. The first-order valence-electron chi connectivity index (χ1n) is 16.9. The van der Waals surface area contributed by atoms with Gasteiger partial charge in [-0.05, 0) is 94.3 Å². The van der Waals surface area contributed by atoms with E-state index in [0.29, 0.717) is 50.1 Å². The van der Waals surface area contributed by atoms with Gasteiger partial charge in [-0.1, -0.05) is 31.2 Å². The molecule has 3 fully saturated rings. The van der Waals surface area contributed by atoms with Crippen LogP contribution in [-0.2, 0) is 19.1 Å². The Bertz CT molecular complexity index is 1510. The number of likely N-dealkylation sites (tertiary alicyclic amines) is 1. The number of nitrogens with zero attached hydrogens (tertiary/aromatic N) is 3. The van der Waals surface area contributed by atoms with Gasteiger partial charge in [0, 0.05) is 37.6 Å². The lowest BCUT2D eigenvalue weighted by molar-refractivity contribution is -0.146. The van der Waals surface area contributed by atoms with Crippen LogP contribution in [0.1, 0.15) is 57.1 Å². The van der Waals surface area contributed by atoms with Gasteiger partial charge in [0.1, 0.15) is 17.4 Å². The third-order valence-electron chi connectivity index (χ3n) is 10.3.